The maximum absolute atomic E-state index is 14.3. The van der Waals surface area contributed by atoms with Crippen LogP contribution in [0.15, 0.2) is 80.6 Å². The molecular formula is C47H56N10O6S2. The van der Waals surface area contributed by atoms with Gasteiger partial charge in [0, 0.05) is 74.9 Å². The van der Waals surface area contributed by atoms with Gasteiger partial charge in [-0.1, -0.05) is 55.0 Å². The molecule has 65 heavy (non-hydrogen) atoms. The Morgan fingerprint density at radius 2 is 1.75 bits per heavy atom. The molecule has 9 rings (SSSR count). The van der Waals surface area contributed by atoms with Crippen LogP contribution in [0.4, 0.5) is 28.7 Å². The number of aryl methyl sites for hydroxylation is 1. The number of pyridine rings is 1. The van der Waals surface area contributed by atoms with Crippen molar-refractivity contribution < 1.29 is 24.1 Å². The number of fused-ring (bicyclic) bond motifs is 2. The van der Waals surface area contributed by atoms with E-state index >= 15 is 0 Å². The van der Waals surface area contributed by atoms with Crippen LogP contribution < -0.4 is 20.4 Å². The van der Waals surface area contributed by atoms with Crippen LogP contribution in [-0.4, -0.2) is 111 Å². The van der Waals surface area contributed by atoms with Crippen molar-refractivity contribution in [3.8, 4) is 10.4 Å². The first-order valence-electron chi connectivity index (χ1n) is 22.6. The summed E-state index contributed by atoms with van der Waals surface area (Å²) >= 11 is 3.11. The van der Waals surface area contributed by atoms with Gasteiger partial charge >= 0.3 is 0 Å². The summed E-state index contributed by atoms with van der Waals surface area (Å²) in [4.78, 5) is 59.2. The van der Waals surface area contributed by atoms with Gasteiger partial charge in [-0.15, -0.1) is 11.3 Å². The van der Waals surface area contributed by atoms with Gasteiger partial charge in [0.15, 0.2) is 11.6 Å². The highest BCUT2D eigenvalue weighted by atomic mass is 32.2. The van der Waals surface area contributed by atoms with Crippen molar-refractivity contribution in [3.05, 3.63) is 93.4 Å². The lowest BCUT2D eigenvalue weighted by Gasteiger charge is -2.37. The summed E-state index contributed by atoms with van der Waals surface area (Å²) in [5.74, 6) is 1.15. The normalized spacial score (nSPS) is 20.0. The maximum Gasteiger partial charge on any atom is 0.288 e. The number of aliphatic hydroxyl groups excluding tert-OH is 1. The zero-order valence-electron chi connectivity index (χ0n) is 37.2. The van der Waals surface area contributed by atoms with Crippen LogP contribution in [0.1, 0.15) is 75.4 Å². The number of rotatable bonds is 13. The van der Waals surface area contributed by atoms with E-state index in [0.29, 0.717) is 23.3 Å². The first-order chi connectivity index (χ1) is 31.4. The molecule has 342 valence electrons. The van der Waals surface area contributed by atoms with Crippen molar-refractivity contribution >= 4 is 63.6 Å². The number of likely N-dealkylation sites (tertiary alicyclic amines) is 1. The second-order valence-corrected chi connectivity index (χ2v) is 20.0. The number of hydrogen-bond acceptors (Lipinski definition) is 15. The number of piperidine rings is 1. The number of anilines is 4. The van der Waals surface area contributed by atoms with E-state index in [1.165, 1.54) is 28.5 Å². The number of aliphatic hydroxyl groups is 1. The molecule has 18 heteroatoms. The molecule has 0 aliphatic carbocycles. The van der Waals surface area contributed by atoms with Crippen molar-refractivity contribution in [2.24, 2.45) is 11.8 Å². The van der Waals surface area contributed by atoms with Crippen LogP contribution in [0.25, 0.3) is 10.4 Å². The van der Waals surface area contributed by atoms with E-state index in [0.717, 1.165) is 102 Å². The number of nitrogens with one attached hydrogen (secondary N) is 2. The highest BCUT2D eigenvalue weighted by Crippen LogP contribution is 2.46. The molecule has 1 unspecified atom stereocenters. The first kappa shape index (κ1) is 44.6. The topological polar surface area (TPSA) is 186 Å². The van der Waals surface area contributed by atoms with Crippen molar-refractivity contribution in [1.82, 2.24) is 30.2 Å². The molecule has 7 heterocycles. The van der Waals surface area contributed by atoms with Gasteiger partial charge in [0.1, 0.15) is 24.0 Å². The molecule has 0 bridgehead atoms. The molecule has 4 aliphatic rings. The molecule has 0 spiro atoms. The number of nitro groups is 1. The van der Waals surface area contributed by atoms with Crippen molar-refractivity contribution in [1.29, 1.82) is 0 Å². The van der Waals surface area contributed by atoms with Gasteiger partial charge in [-0.05, 0) is 80.8 Å². The second kappa shape index (κ2) is 19.1. The largest absolute Gasteiger partial charge is 0.391 e. The predicted octanol–water partition coefficient (Wildman–Crippen LogP) is 7.63. The maximum atomic E-state index is 14.3. The number of hydrogen-bond donors (Lipinski definition) is 3. The Morgan fingerprint density at radius 3 is 2.46 bits per heavy atom. The number of nitrogens with zero attached hydrogens (tertiary/aromatic N) is 8. The summed E-state index contributed by atoms with van der Waals surface area (Å²) in [6, 6.07) is 16.8. The Hall–Kier alpha value is -5.56. The van der Waals surface area contributed by atoms with E-state index in [4.69, 9.17) is 4.52 Å². The number of carbonyl (C=O) groups excluding carboxylic acids is 2. The fourth-order valence-corrected chi connectivity index (χ4v) is 11.4. The standard InChI is InChI=1S/C47H56N10O6S2/c1-28(2)43(47(60)56-26-36(58)23-38(56)46(59)50-29(3)32-5-7-33(8-6-32)44-30(4)49-27-64-44)39-24-42(52-63-39)55-19-17-53(18-20-55)14-11-31-12-15-54(16-13-31)34-9-10-37-40(21-34)65-41-22-35(57(61)62)25-48-45(41)51-37/h5-10,21-22,24-25,27-29,31,36,38,43,58H,11-20,23,26H2,1-4H3,(H,48,51)(H,50,59)/t29-,36+,38-,43?/m0/s1. The van der Waals surface area contributed by atoms with Crippen LogP contribution in [-0.2, 0) is 9.59 Å². The van der Waals surface area contributed by atoms with Crippen molar-refractivity contribution in [2.75, 3.05) is 67.5 Å². The molecule has 3 saturated heterocycles. The molecule has 0 radical (unpaired) electrons. The zero-order valence-corrected chi connectivity index (χ0v) is 38.8. The summed E-state index contributed by atoms with van der Waals surface area (Å²) in [6.07, 6.45) is 4.06. The van der Waals surface area contributed by atoms with Crippen LogP contribution >= 0.6 is 23.1 Å². The molecule has 4 atom stereocenters. The minimum absolute atomic E-state index is 0.0116. The average molecular weight is 921 g/mol. The number of thiazole rings is 1. The fraction of sp³-hybridized carbons (Fsp3) is 0.468. The fourth-order valence-electron chi connectivity index (χ4n) is 9.58. The van der Waals surface area contributed by atoms with Crippen LogP contribution in [0.3, 0.4) is 0 Å². The van der Waals surface area contributed by atoms with Gasteiger partial charge in [-0.25, -0.2) is 9.97 Å². The predicted molar refractivity (Wildman–Crippen MR) is 252 cm³/mol. The van der Waals surface area contributed by atoms with Crippen molar-refractivity contribution in [3.63, 3.8) is 0 Å². The number of carbonyl (C=O) groups is 2. The molecular weight excluding hydrogens is 865 g/mol. The lowest BCUT2D eigenvalue weighted by molar-refractivity contribution is -0.385. The summed E-state index contributed by atoms with van der Waals surface area (Å²) in [5.41, 5.74) is 6.96. The molecule has 3 fully saturated rings. The number of piperazine rings is 1. The van der Waals surface area contributed by atoms with Gasteiger partial charge < -0.3 is 35.0 Å². The number of β-amino-alcohol motifs (C(OH)–C–C–N with tert-alkyl or cyclic N) is 1. The highest BCUT2D eigenvalue weighted by molar-refractivity contribution is 7.99. The molecule has 0 saturated carbocycles. The Kier molecular flexibility index (Phi) is 13.1. The van der Waals surface area contributed by atoms with E-state index in [1.54, 1.807) is 17.4 Å². The molecule has 2 amide bonds. The average Bonchev–Trinajstić information content (AvgIpc) is 4.08. The third kappa shape index (κ3) is 9.71. The summed E-state index contributed by atoms with van der Waals surface area (Å²) < 4.78 is 5.91. The Labute approximate surface area is 386 Å². The first-order valence-corrected chi connectivity index (χ1v) is 24.3. The van der Waals surface area contributed by atoms with E-state index in [1.807, 2.05) is 63.5 Å². The highest BCUT2D eigenvalue weighted by Gasteiger charge is 2.44. The lowest BCUT2D eigenvalue weighted by Crippen LogP contribution is -2.48. The number of benzene rings is 2. The van der Waals surface area contributed by atoms with E-state index in [2.05, 4.69) is 58.7 Å². The summed E-state index contributed by atoms with van der Waals surface area (Å²) in [5, 5.41) is 32.9. The Morgan fingerprint density at radius 1 is 0.985 bits per heavy atom. The summed E-state index contributed by atoms with van der Waals surface area (Å²) in [6.45, 7) is 14.4. The van der Waals surface area contributed by atoms with Gasteiger partial charge in [-0.3, -0.25) is 24.6 Å². The molecule has 3 aromatic heterocycles. The van der Waals surface area contributed by atoms with E-state index in [9.17, 15) is 24.8 Å². The van der Waals surface area contributed by atoms with E-state index in [-0.39, 0.29) is 42.4 Å². The Bertz CT molecular complexity index is 2520. The molecule has 16 nitrogen and oxygen atoms in total. The number of aromatic nitrogens is 3. The zero-order chi connectivity index (χ0) is 45.4. The summed E-state index contributed by atoms with van der Waals surface area (Å²) in [7, 11) is 0. The van der Waals surface area contributed by atoms with Gasteiger partial charge in [-0.2, -0.15) is 0 Å². The third-order valence-electron chi connectivity index (χ3n) is 13.4. The second-order valence-electron chi connectivity index (χ2n) is 18.1. The number of amides is 2. The molecule has 2 aromatic carbocycles. The third-order valence-corrected chi connectivity index (χ3v) is 15.5. The van der Waals surface area contributed by atoms with E-state index < -0.39 is 23.0 Å². The van der Waals surface area contributed by atoms with Crippen LogP contribution in [0.2, 0.25) is 0 Å². The molecule has 5 aromatic rings. The van der Waals surface area contributed by atoms with Gasteiger partial charge in [0.05, 0.1) is 43.7 Å². The van der Waals surface area contributed by atoms with Gasteiger partial charge in [0.2, 0.25) is 11.8 Å². The molecule has 4 aliphatic heterocycles. The minimum Gasteiger partial charge on any atom is -0.391 e. The van der Waals surface area contributed by atoms with Crippen LogP contribution in [0.5, 0.6) is 0 Å². The SMILES string of the molecule is Cc1ncsc1-c1ccc([C@H](C)NC(=O)[C@@H]2C[C@@H](O)CN2C(=O)C(c2cc(N3CCN(CCC4CCN(c5ccc6c(c5)Sc5cc([N+](=O)[O-])cnc5N6)CC4)CC3)no2)C(C)C)cc1. The van der Waals surface area contributed by atoms with Crippen molar-refractivity contribution in [2.45, 2.75) is 87.3 Å². The minimum atomic E-state index is -0.804. The monoisotopic (exact) mass is 920 g/mol. The van der Waals surface area contributed by atoms with Gasteiger partial charge in [0.25, 0.3) is 5.69 Å². The lowest BCUT2D eigenvalue weighted by atomic mass is 9.91. The Balaban J connectivity index is 0.740. The quantitative estimate of drug-likeness (QED) is 0.0759. The smallest absolute Gasteiger partial charge is 0.288 e. The molecule has 3 N–H and O–H groups in total. The van der Waals surface area contributed by atoms with Crippen LogP contribution in [0, 0.1) is 28.9 Å².